The van der Waals surface area contributed by atoms with E-state index in [0.29, 0.717) is 34.5 Å². The number of esters is 1. The van der Waals surface area contributed by atoms with Crippen molar-refractivity contribution in [2.75, 3.05) is 20.8 Å². The number of allylic oxidation sites excluding steroid dienone is 1. The fourth-order valence-corrected chi connectivity index (χ4v) is 2.82. The molecule has 0 spiro atoms. The van der Waals surface area contributed by atoms with Gasteiger partial charge in [-0.15, -0.1) is 0 Å². The smallest absolute Gasteiger partial charge is 0.337 e. The van der Waals surface area contributed by atoms with Crippen LogP contribution in [-0.4, -0.2) is 31.9 Å². The highest BCUT2D eigenvalue weighted by Gasteiger charge is 2.33. The second-order valence-electron chi connectivity index (χ2n) is 5.04. The van der Waals surface area contributed by atoms with Crippen LogP contribution >= 0.6 is 12.2 Å². The number of methoxy groups -OCH3 is 2. The Bertz CT molecular complexity index is 700. The summed E-state index contributed by atoms with van der Waals surface area (Å²) in [5, 5.41) is 6.46. The van der Waals surface area contributed by atoms with Crippen LogP contribution in [0, 0.1) is 0 Å². The molecule has 0 saturated heterocycles. The van der Waals surface area contributed by atoms with Crippen LogP contribution in [0.5, 0.6) is 11.5 Å². The fourth-order valence-electron chi connectivity index (χ4n) is 2.55. The molecule has 1 heterocycles. The quantitative estimate of drug-likeness (QED) is 0.464. The van der Waals surface area contributed by atoms with Gasteiger partial charge >= 0.3 is 5.97 Å². The summed E-state index contributed by atoms with van der Waals surface area (Å²) in [4.78, 5) is 12.2. The Morgan fingerprint density at radius 1 is 1.42 bits per heavy atom. The molecule has 7 heteroatoms. The Morgan fingerprint density at radius 3 is 2.79 bits per heavy atom. The summed E-state index contributed by atoms with van der Waals surface area (Å²) in [5.74, 6) is 0.637. The third-order valence-corrected chi connectivity index (χ3v) is 3.78. The molecule has 1 unspecified atom stereocenters. The summed E-state index contributed by atoms with van der Waals surface area (Å²) in [6, 6.07) is 4.96. The lowest BCUT2D eigenvalue weighted by molar-refractivity contribution is -0.136. The summed E-state index contributed by atoms with van der Waals surface area (Å²) in [7, 11) is 2.89. The number of carbonyl (C=O) groups is 1. The van der Waals surface area contributed by atoms with Gasteiger partial charge in [-0.1, -0.05) is 24.8 Å². The molecule has 0 radical (unpaired) electrons. The first-order valence-corrected chi connectivity index (χ1v) is 7.71. The number of ether oxygens (including phenoxy) is 3. The lowest BCUT2D eigenvalue weighted by atomic mass is 9.94. The zero-order valence-electron chi connectivity index (χ0n) is 13.8. The Hall–Kier alpha value is -2.54. The molecule has 2 N–H and O–H groups in total. The van der Waals surface area contributed by atoms with Crippen LogP contribution in [-0.2, 0) is 9.53 Å². The van der Waals surface area contributed by atoms with Gasteiger partial charge in [-0.25, -0.2) is 4.79 Å². The molecule has 0 fully saturated rings. The minimum Gasteiger partial charge on any atom is -0.492 e. The average molecular weight is 348 g/mol. The van der Waals surface area contributed by atoms with Crippen molar-refractivity contribution in [1.82, 2.24) is 10.6 Å². The van der Waals surface area contributed by atoms with E-state index >= 15 is 0 Å². The molecule has 0 aromatic heterocycles. The molecule has 0 saturated carbocycles. The maximum atomic E-state index is 12.2. The number of hydrogen-bond donors (Lipinski definition) is 2. The SMILES string of the molecule is C=CCOc1cccc(C2NC(=S)NC(C)=C2C(=O)OC)c1OC. The van der Waals surface area contributed by atoms with E-state index in [1.54, 1.807) is 26.2 Å². The van der Waals surface area contributed by atoms with Crippen LogP contribution in [0.2, 0.25) is 0 Å². The summed E-state index contributed by atoms with van der Waals surface area (Å²) >= 11 is 5.22. The van der Waals surface area contributed by atoms with Crippen molar-refractivity contribution in [3.8, 4) is 11.5 Å². The van der Waals surface area contributed by atoms with E-state index in [9.17, 15) is 4.79 Å². The monoisotopic (exact) mass is 348 g/mol. The van der Waals surface area contributed by atoms with Gasteiger partial charge in [-0.2, -0.15) is 0 Å². The highest BCUT2D eigenvalue weighted by atomic mass is 32.1. The van der Waals surface area contributed by atoms with Gasteiger partial charge in [0.25, 0.3) is 0 Å². The molecule has 1 aromatic rings. The largest absolute Gasteiger partial charge is 0.492 e. The van der Waals surface area contributed by atoms with Crippen LogP contribution in [0.15, 0.2) is 42.1 Å². The van der Waals surface area contributed by atoms with Crippen LogP contribution in [0.1, 0.15) is 18.5 Å². The van der Waals surface area contributed by atoms with Gasteiger partial charge in [0, 0.05) is 11.3 Å². The molecule has 128 valence electrons. The zero-order valence-corrected chi connectivity index (χ0v) is 14.7. The molecule has 1 aliphatic heterocycles. The van der Waals surface area contributed by atoms with Crippen molar-refractivity contribution in [3.05, 3.63) is 47.7 Å². The highest BCUT2D eigenvalue weighted by molar-refractivity contribution is 7.80. The van der Waals surface area contributed by atoms with E-state index in [1.807, 2.05) is 12.1 Å². The number of benzene rings is 1. The topological polar surface area (TPSA) is 68.8 Å². The second-order valence-corrected chi connectivity index (χ2v) is 5.45. The Labute approximate surface area is 146 Å². The molecule has 1 aromatic carbocycles. The molecule has 0 aliphatic carbocycles. The van der Waals surface area contributed by atoms with Crippen LogP contribution in [0.4, 0.5) is 0 Å². The lowest BCUT2D eigenvalue weighted by Gasteiger charge is -2.30. The first-order chi connectivity index (χ1) is 11.5. The van der Waals surface area contributed by atoms with Gasteiger partial charge in [0.05, 0.1) is 25.8 Å². The molecule has 0 bridgehead atoms. The van der Waals surface area contributed by atoms with E-state index in [0.717, 1.165) is 5.56 Å². The van der Waals surface area contributed by atoms with Crippen molar-refractivity contribution in [2.24, 2.45) is 0 Å². The third kappa shape index (κ3) is 3.51. The van der Waals surface area contributed by atoms with Gasteiger partial charge in [0.15, 0.2) is 16.6 Å². The van der Waals surface area contributed by atoms with E-state index < -0.39 is 12.0 Å². The number of nitrogens with one attached hydrogen (secondary N) is 2. The van der Waals surface area contributed by atoms with Gasteiger partial charge < -0.3 is 24.8 Å². The van der Waals surface area contributed by atoms with Crippen molar-refractivity contribution >= 4 is 23.3 Å². The van der Waals surface area contributed by atoms with E-state index in [-0.39, 0.29) is 0 Å². The predicted molar refractivity (Wildman–Crippen MR) is 95.0 cm³/mol. The van der Waals surface area contributed by atoms with Crippen LogP contribution in [0.25, 0.3) is 0 Å². The minimum absolute atomic E-state index is 0.344. The van der Waals surface area contributed by atoms with Gasteiger partial charge in [-0.05, 0) is 25.2 Å². The molecule has 24 heavy (non-hydrogen) atoms. The molecule has 1 aliphatic rings. The first-order valence-electron chi connectivity index (χ1n) is 7.30. The van der Waals surface area contributed by atoms with Gasteiger partial charge in [0.1, 0.15) is 6.61 Å². The van der Waals surface area contributed by atoms with Crippen molar-refractivity contribution in [3.63, 3.8) is 0 Å². The predicted octanol–water partition coefficient (Wildman–Crippen LogP) is 2.23. The number of hydrogen-bond acceptors (Lipinski definition) is 5. The Kier molecular flexibility index (Phi) is 5.81. The zero-order chi connectivity index (χ0) is 17.7. The molecule has 6 nitrogen and oxygen atoms in total. The molecule has 1 atom stereocenters. The molecular formula is C17H20N2O4S. The standard InChI is InChI=1S/C17H20N2O4S/c1-5-9-23-12-8-6-7-11(15(12)21-3)14-13(16(20)22-4)10(2)18-17(24)19-14/h5-8,14H,1,9H2,2-4H3,(H2,18,19,24). The normalized spacial score (nSPS) is 16.8. The van der Waals surface area contributed by atoms with Crippen molar-refractivity contribution in [2.45, 2.75) is 13.0 Å². The van der Waals surface area contributed by atoms with E-state index in [2.05, 4.69) is 17.2 Å². The average Bonchev–Trinajstić information content (AvgIpc) is 2.58. The third-order valence-electron chi connectivity index (χ3n) is 3.56. The van der Waals surface area contributed by atoms with Crippen molar-refractivity contribution in [1.29, 1.82) is 0 Å². The summed E-state index contributed by atoms with van der Waals surface area (Å²) in [6.45, 7) is 5.76. The summed E-state index contributed by atoms with van der Waals surface area (Å²) in [5.41, 5.74) is 1.79. The van der Waals surface area contributed by atoms with Gasteiger partial charge in [0.2, 0.25) is 0 Å². The Balaban J connectivity index is 2.55. The molecule has 2 rings (SSSR count). The molecular weight excluding hydrogens is 328 g/mol. The highest BCUT2D eigenvalue weighted by Crippen LogP contribution is 2.39. The number of carbonyl (C=O) groups excluding carboxylic acids is 1. The fraction of sp³-hybridized carbons (Fsp3) is 0.294. The Morgan fingerprint density at radius 2 is 2.17 bits per heavy atom. The maximum Gasteiger partial charge on any atom is 0.337 e. The van der Waals surface area contributed by atoms with Crippen LogP contribution in [0.3, 0.4) is 0 Å². The van der Waals surface area contributed by atoms with E-state index in [4.69, 9.17) is 26.4 Å². The number of rotatable bonds is 6. The molecule has 0 amide bonds. The maximum absolute atomic E-state index is 12.2. The minimum atomic E-state index is -0.506. The van der Waals surface area contributed by atoms with Gasteiger partial charge in [-0.3, -0.25) is 0 Å². The van der Waals surface area contributed by atoms with E-state index in [1.165, 1.54) is 7.11 Å². The van der Waals surface area contributed by atoms with Crippen LogP contribution < -0.4 is 20.1 Å². The number of para-hydroxylation sites is 1. The summed E-state index contributed by atoms with van der Waals surface area (Å²) in [6.07, 6.45) is 1.65. The van der Waals surface area contributed by atoms with Crippen molar-refractivity contribution < 1.29 is 19.0 Å². The lowest BCUT2D eigenvalue weighted by Crippen LogP contribution is -2.45. The second kappa shape index (κ2) is 7.83. The number of thiocarbonyl (C=S) groups is 1. The summed E-state index contributed by atoms with van der Waals surface area (Å²) < 4.78 is 16.1. The first kappa shape index (κ1) is 17.8.